The van der Waals surface area contributed by atoms with Crippen LogP contribution in [0.25, 0.3) is 6.08 Å². The number of hydrogen-bond donors (Lipinski definition) is 1. The van der Waals surface area contributed by atoms with E-state index in [1.165, 1.54) is 17.0 Å². The summed E-state index contributed by atoms with van der Waals surface area (Å²) in [6.07, 6.45) is 2.31. The normalized spacial score (nSPS) is 13.6. The number of amides is 1. The number of carboxylic acids is 1. The predicted octanol–water partition coefficient (Wildman–Crippen LogP) is 3.82. The van der Waals surface area contributed by atoms with Crippen molar-refractivity contribution in [1.29, 1.82) is 0 Å². The summed E-state index contributed by atoms with van der Waals surface area (Å²) >= 11 is 12.0. The first-order chi connectivity index (χ1) is 11.9. The molecule has 25 heavy (non-hydrogen) atoms. The number of carbonyl (C=O) groups is 3. The monoisotopic (exact) mass is 375 g/mol. The van der Waals surface area contributed by atoms with Gasteiger partial charge in [0.05, 0.1) is 17.8 Å². The largest absolute Gasteiger partial charge is 0.478 e. The number of anilines is 1. The van der Waals surface area contributed by atoms with Gasteiger partial charge >= 0.3 is 5.97 Å². The first-order valence-electron chi connectivity index (χ1n) is 7.22. The average Bonchev–Trinajstić information content (AvgIpc) is 2.81. The first-order valence-corrected chi connectivity index (χ1v) is 7.98. The molecule has 0 saturated carbocycles. The summed E-state index contributed by atoms with van der Waals surface area (Å²) < 4.78 is 0. The number of Topliss-reactive ketones (excluding diaryl/α,β-unsaturated/α-hetero) is 1. The van der Waals surface area contributed by atoms with Crippen molar-refractivity contribution in [2.24, 2.45) is 0 Å². The Kier molecular flexibility index (Phi) is 4.61. The summed E-state index contributed by atoms with van der Waals surface area (Å²) in [6.45, 7) is 0.0749. The maximum atomic E-state index is 12.4. The van der Waals surface area contributed by atoms with Crippen LogP contribution in [0.1, 0.15) is 21.5 Å². The lowest BCUT2D eigenvalue weighted by Crippen LogP contribution is -2.29. The molecule has 0 aliphatic carbocycles. The standard InChI is InChI=1S/C18H11Cl2NO4/c19-12-6-4-11(14(20)8-12)9-21-16-10(5-7-15(22)23)2-1-3-13(16)17(24)18(21)25/h1-8H,9H2,(H,22,23)/b7-5+. The second kappa shape index (κ2) is 6.70. The van der Waals surface area contributed by atoms with Crippen LogP contribution in [-0.4, -0.2) is 22.8 Å². The summed E-state index contributed by atoms with van der Waals surface area (Å²) in [5.74, 6) is -2.44. The second-order valence-electron chi connectivity index (χ2n) is 5.37. The van der Waals surface area contributed by atoms with Crippen molar-refractivity contribution in [2.45, 2.75) is 6.54 Å². The van der Waals surface area contributed by atoms with E-state index in [-0.39, 0.29) is 12.1 Å². The van der Waals surface area contributed by atoms with Crippen molar-refractivity contribution >= 4 is 52.6 Å². The van der Waals surface area contributed by atoms with Gasteiger partial charge in [-0.3, -0.25) is 14.5 Å². The minimum absolute atomic E-state index is 0.0749. The highest BCUT2D eigenvalue weighted by Gasteiger charge is 2.37. The summed E-state index contributed by atoms with van der Waals surface area (Å²) in [4.78, 5) is 36.7. The summed E-state index contributed by atoms with van der Waals surface area (Å²) in [7, 11) is 0. The molecule has 0 spiro atoms. The molecule has 5 nitrogen and oxygen atoms in total. The number of fused-ring (bicyclic) bond motifs is 1. The van der Waals surface area contributed by atoms with Gasteiger partial charge in [-0.25, -0.2) is 4.79 Å². The van der Waals surface area contributed by atoms with Crippen molar-refractivity contribution < 1.29 is 19.5 Å². The average molecular weight is 376 g/mol. The Hall–Kier alpha value is -2.63. The van der Waals surface area contributed by atoms with E-state index in [0.717, 1.165) is 6.08 Å². The summed E-state index contributed by atoms with van der Waals surface area (Å²) in [5, 5.41) is 9.66. The molecule has 0 radical (unpaired) electrons. The van der Waals surface area contributed by atoms with Crippen molar-refractivity contribution in [3.05, 3.63) is 69.2 Å². The van der Waals surface area contributed by atoms with Crippen LogP contribution in [0.3, 0.4) is 0 Å². The Balaban J connectivity index is 2.07. The van der Waals surface area contributed by atoms with Gasteiger partial charge in [0.25, 0.3) is 11.7 Å². The predicted molar refractivity (Wildman–Crippen MR) is 95.1 cm³/mol. The summed E-state index contributed by atoms with van der Waals surface area (Å²) in [5.41, 5.74) is 1.70. The molecular formula is C18H11Cl2NO4. The zero-order chi connectivity index (χ0) is 18.1. The third-order valence-electron chi connectivity index (χ3n) is 3.77. The molecule has 1 amide bonds. The van der Waals surface area contributed by atoms with Crippen LogP contribution in [0.4, 0.5) is 5.69 Å². The zero-order valence-electron chi connectivity index (χ0n) is 12.7. The van der Waals surface area contributed by atoms with Gasteiger partial charge in [-0.1, -0.05) is 41.4 Å². The van der Waals surface area contributed by atoms with E-state index in [2.05, 4.69) is 0 Å². The third kappa shape index (κ3) is 3.29. The first kappa shape index (κ1) is 17.2. The Morgan fingerprint density at radius 3 is 2.60 bits per heavy atom. The van der Waals surface area contributed by atoms with E-state index < -0.39 is 17.7 Å². The molecule has 126 valence electrons. The Morgan fingerprint density at radius 1 is 1.16 bits per heavy atom. The second-order valence-corrected chi connectivity index (χ2v) is 6.21. The lowest BCUT2D eigenvalue weighted by atomic mass is 10.1. The molecule has 0 bridgehead atoms. The number of rotatable bonds is 4. The van der Waals surface area contributed by atoms with Crippen molar-refractivity contribution in [3.8, 4) is 0 Å². The number of para-hydroxylation sites is 1. The molecule has 0 fully saturated rings. The highest BCUT2D eigenvalue weighted by molar-refractivity contribution is 6.52. The van der Waals surface area contributed by atoms with Crippen molar-refractivity contribution in [1.82, 2.24) is 0 Å². The topological polar surface area (TPSA) is 74.7 Å². The van der Waals surface area contributed by atoms with Crippen molar-refractivity contribution in [3.63, 3.8) is 0 Å². The molecule has 1 heterocycles. The van der Waals surface area contributed by atoms with E-state index in [4.69, 9.17) is 28.3 Å². The molecule has 0 unspecified atom stereocenters. The van der Waals surface area contributed by atoms with E-state index >= 15 is 0 Å². The molecule has 1 N–H and O–H groups in total. The van der Waals surface area contributed by atoms with Crippen LogP contribution < -0.4 is 4.90 Å². The van der Waals surface area contributed by atoms with E-state index in [9.17, 15) is 14.4 Å². The van der Waals surface area contributed by atoms with E-state index in [0.29, 0.717) is 26.9 Å². The molecule has 2 aromatic carbocycles. The quantitative estimate of drug-likeness (QED) is 0.650. The Bertz CT molecular complexity index is 937. The van der Waals surface area contributed by atoms with Gasteiger partial charge in [0.15, 0.2) is 0 Å². The van der Waals surface area contributed by atoms with E-state index in [1.807, 2.05) is 0 Å². The fourth-order valence-corrected chi connectivity index (χ4v) is 3.12. The fraction of sp³-hybridized carbons (Fsp3) is 0.0556. The van der Waals surface area contributed by atoms with Gasteiger partial charge in [0.1, 0.15) is 0 Å². The Morgan fingerprint density at radius 2 is 1.92 bits per heavy atom. The number of aliphatic carboxylic acids is 1. The molecule has 0 saturated heterocycles. The van der Waals surface area contributed by atoms with Crippen molar-refractivity contribution in [2.75, 3.05) is 4.90 Å². The molecule has 1 aliphatic heterocycles. The zero-order valence-corrected chi connectivity index (χ0v) is 14.2. The maximum absolute atomic E-state index is 12.4. The van der Waals surface area contributed by atoms with Gasteiger partial charge < -0.3 is 5.11 Å². The number of hydrogen-bond acceptors (Lipinski definition) is 3. The van der Waals surface area contributed by atoms with Crippen LogP contribution in [-0.2, 0) is 16.1 Å². The smallest absolute Gasteiger partial charge is 0.328 e. The molecule has 0 atom stereocenters. The number of carboxylic acid groups (broad SMARTS) is 1. The lowest BCUT2D eigenvalue weighted by molar-refractivity contribution is -0.131. The molecule has 2 aromatic rings. The van der Waals surface area contributed by atoms with E-state index in [1.54, 1.807) is 30.3 Å². The Labute approximate surface area is 153 Å². The number of carbonyl (C=O) groups excluding carboxylic acids is 2. The highest BCUT2D eigenvalue weighted by atomic mass is 35.5. The van der Waals surface area contributed by atoms with Gasteiger partial charge in [0, 0.05) is 16.1 Å². The van der Waals surface area contributed by atoms with Crippen LogP contribution in [0.2, 0.25) is 10.0 Å². The SMILES string of the molecule is O=C(O)/C=C/c1cccc2c1N(Cc1ccc(Cl)cc1Cl)C(=O)C2=O. The number of nitrogens with zero attached hydrogens (tertiary/aromatic N) is 1. The number of benzene rings is 2. The van der Waals surface area contributed by atoms with Crippen LogP contribution >= 0.6 is 23.2 Å². The minimum atomic E-state index is -1.12. The third-order valence-corrected chi connectivity index (χ3v) is 4.36. The number of ketones is 1. The highest BCUT2D eigenvalue weighted by Crippen LogP contribution is 2.35. The van der Waals surface area contributed by atoms with Gasteiger partial charge in [-0.15, -0.1) is 0 Å². The lowest BCUT2D eigenvalue weighted by Gasteiger charge is -2.19. The minimum Gasteiger partial charge on any atom is -0.478 e. The van der Waals surface area contributed by atoms with Gasteiger partial charge in [-0.05, 0) is 35.4 Å². The van der Waals surface area contributed by atoms with Crippen LogP contribution in [0, 0.1) is 0 Å². The summed E-state index contributed by atoms with van der Waals surface area (Å²) in [6, 6.07) is 9.65. The maximum Gasteiger partial charge on any atom is 0.328 e. The van der Waals surface area contributed by atoms with Gasteiger partial charge in [0.2, 0.25) is 0 Å². The molecule has 0 aromatic heterocycles. The molecule has 1 aliphatic rings. The van der Waals surface area contributed by atoms with Crippen LogP contribution in [0.15, 0.2) is 42.5 Å². The van der Waals surface area contributed by atoms with Crippen LogP contribution in [0.5, 0.6) is 0 Å². The van der Waals surface area contributed by atoms with Gasteiger partial charge in [-0.2, -0.15) is 0 Å². The fourth-order valence-electron chi connectivity index (χ4n) is 2.65. The number of halogens is 2. The molecule has 3 rings (SSSR count). The molecule has 7 heteroatoms. The molecular weight excluding hydrogens is 365 g/mol.